The minimum atomic E-state index is -4.58. The SMILES string of the molecule is CCN1C(=O)C2C(Nc3cccc(NC(=O)OC(C)(C)C)c3)C2SC2C(C(C#N)C(=O)NCC(F)(F)F)C21. The number of halogens is 3. The zero-order valence-corrected chi connectivity index (χ0v) is 22.2. The standard InChI is InChI=1S/C25H30F3N5O4S/c1-5-33-18-15(14(10-29)21(34)30-11-25(26,27)28)20(18)38-19-16(22(33)35)17(19)31-12-7-6-8-13(9-12)32-23(36)37-24(2,3)4/h6-9,14-20,31H,5,11H2,1-4H3,(H,30,34)(H,32,36). The van der Waals surface area contributed by atoms with E-state index in [0.29, 0.717) is 17.9 Å². The molecule has 2 saturated carbocycles. The number of benzene rings is 1. The van der Waals surface area contributed by atoms with Crippen LogP contribution in [-0.2, 0) is 14.3 Å². The number of nitrogens with one attached hydrogen (secondary N) is 3. The van der Waals surface area contributed by atoms with E-state index in [1.165, 1.54) is 11.8 Å². The number of rotatable bonds is 7. The Labute approximate surface area is 222 Å². The van der Waals surface area contributed by atoms with E-state index in [1.54, 1.807) is 50.8 Å². The van der Waals surface area contributed by atoms with E-state index in [0.717, 1.165) is 0 Å². The first kappa shape index (κ1) is 27.9. The normalized spacial score (nSPS) is 28.6. The van der Waals surface area contributed by atoms with Crippen molar-refractivity contribution in [3.8, 4) is 6.07 Å². The lowest BCUT2D eigenvalue weighted by molar-refractivity contribution is -0.140. The van der Waals surface area contributed by atoms with Crippen LogP contribution in [0.1, 0.15) is 27.7 Å². The summed E-state index contributed by atoms with van der Waals surface area (Å²) in [5.74, 6) is -3.20. The van der Waals surface area contributed by atoms with Crippen LogP contribution in [0.15, 0.2) is 24.3 Å². The van der Waals surface area contributed by atoms with Crippen molar-refractivity contribution in [1.82, 2.24) is 10.2 Å². The minimum absolute atomic E-state index is 0.104. The molecule has 0 spiro atoms. The zero-order valence-electron chi connectivity index (χ0n) is 21.3. The van der Waals surface area contributed by atoms with Gasteiger partial charge in [-0.3, -0.25) is 14.9 Å². The fourth-order valence-corrected chi connectivity index (χ4v) is 6.99. The number of ether oxygens (including phenoxy) is 1. The Bertz CT molecular complexity index is 1150. The summed E-state index contributed by atoms with van der Waals surface area (Å²) in [6.07, 6.45) is -5.17. The van der Waals surface area contributed by atoms with E-state index in [-0.39, 0.29) is 34.4 Å². The molecule has 13 heteroatoms. The molecule has 206 valence electrons. The van der Waals surface area contributed by atoms with Crippen LogP contribution in [0.25, 0.3) is 0 Å². The van der Waals surface area contributed by atoms with Crippen LogP contribution >= 0.6 is 11.8 Å². The van der Waals surface area contributed by atoms with Crippen molar-refractivity contribution in [1.29, 1.82) is 5.26 Å². The maximum Gasteiger partial charge on any atom is 0.412 e. The smallest absolute Gasteiger partial charge is 0.412 e. The number of nitriles is 1. The summed E-state index contributed by atoms with van der Waals surface area (Å²) in [6, 6.07) is 8.29. The number of anilines is 2. The summed E-state index contributed by atoms with van der Waals surface area (Å²) in [4.78, 5) is 39.5. The lowest BCUT2D eigenvalue weighted by atomic mass is 10.0. The predicted molar refractivity (Wildman–Crippen MR) is 135 cm³/mol. The summed E-state index contributed by atoms with van der Waals surface area (Å²) >= 11 is 1.51. The Morgan fingerprint density at radius 2 is 1.89 bits per heavy atom. The number of thioether (sulfide) groups is 1. The van der Waals surface area contributed by atoms with Gasteiger partial charge in [-0.15, -0.1) is 11.8 Å². The number of amides is 3. The molecule has 3 fully saturated rings. The highest BCUT2D eigenvalue weighted by Crippen LogP contribution is 2.61. The molecule has 38 heavy (non-hydrogen) atoms. The third-order valence-electron chi connectivity index (χ3n) is 6.62. The molecule has 3 aliphatic rings. The lowest BCUT2D eigenvalue weighted by Crippen LogP contribution is -2.40. The van der Waals surface area contributed by atoms with Crippen molar-refractivity contribution in [2.24, 2.45) is 17.8 Å². The Balaban J connectivity index is 1.42. The quantitative estimate of drug-likeness (QED) is 0.472. The van der Waals surface area contributed by atoms with E-state index in [4.69, 9.17) is 4.74 Å². The van der Waals surface area contributed by atoms with Gasteiger partial charge in [-0.25, -0.2) is 4.79 Å². The third-order valence-corrected chi connectivity index (χ3v) is 8.43. The summed E-state index contributed by atoms with van der Waals surface area (Å²) < 4.78 is 43.0. The fourth-order valence-electron chi connectivity index (χ4n) is 4.96. The molecule has 1 aromatic rings. The fraction of sp³-hybridized carbons (Fsp3) is 0.600. The molecule has 0 aromatic heterocycles. The van der Waals surface area contributed by atoms with Crippen LogP contribution in [0.5, 0.6) is 0 Å². The van der Waals surface area contributed by atoms with Crippen LogP contribution in [0.4, 0.5) is 29.3 Å². The topological polar surface area (TPSA) is 124 Å². The largest absolute Gasteiger partial charge is 0.444 e. The molecule has 1 saturated heterocycles. The zero-order chi connectivity index (χ0) is 28.0. The van der Waals surface area contributed by atoms with Crippen LogP contribution in [-0.4, -0.2) is 70.3 Å². The highest BCUT2D eigenvalue weighted by atomic mass is 32.2. The molecule has 1 aliphatic heterocycles. The van der Waals surface area contributed by atoms with Crippen molar-refractivity contribution in [2.75, 3.05) is 23.7 Å². The first-order valence-corrected chi connectivity index (χ1v) is 13.2. The minimum Gasteiger partial charge on any atom is -0.444 e. The highest BCUT2D eigenvalue weighted by molar-refractivity contribution is 8.01. The van der Waals surface area contributed by atoms with Crippen molar-refractivity contribution in [3.63, 3.8) is 0 Å². The molecule has 9 nitrogen and oxygen atoms in total. The van der Waals surface area contributed by atoms with E-state index in [9.17, 15) is 32.8 Å². The number of carbonyl (C=O) groups excluding carboxylic acids is 3. The number of hydrogen-bond acceptors (Lipinski definition) is 7. The maximum absolute atomic E-state index is 13.4. The van der Waals surface area contributed by atoms with Crippen LogP contribution in [0.2, 0.25) is 0 Å². The Kier molecular flexibility index (Phi) is 7.49. The number of fused-ring (bicyclic) bond motifs is 2. The molecular formula is C25H30F3N5O4S. The second kappa shape index (κ2) is 10.2. The first-order chi connectivity index (χ1) is 17.7. The molecule has 0 radical (unpaired) electrons. The number of hydrogen-bond donors (Lipinski definition) is 3. The monoisotopic (exact) mass is 553 g/mol. The van der Waals surface area contributed by atoms with Crippen molar-refractivity contribution in [2.45, 2.75) is 62.1 Å². The van der Waals surface area contributed by atoms with Crippen molar-refractivity contribution in [3.05, 3.63) is 24.3 Å². The Hall–Kier alpha value is -3.14. The van der Waals surface area contributed by atoms with Crippen LogP contribution in [0, 0.1) is 29.1 Å². The summed E-state index contributed by atoms with van der Waals surface area (Å²) in [5, 5.41) is 17.1. The molecule has 3 amide bonds. The van der Waals surface area contributed by atoms with Gasteiger partial charge in [-0.1, -0.05) is 6.07 Å². The summed E-state index contributed by atoms with van der Waals surface area (Å²) in [7, 11) is 0. The Morgan fingerprint density at radius 3 is 2.50 bits per heavy atom. The van der Waals surface area contributed by atoms with Crippen LogP contribution in [0.3, 0.4) is 0 Å². The molecule has 7 unspecified atom stereocenters. The maximum atomic E-state index is 13.4. The van der Waals surface area contributed by atoms with Gasteiger partial charge in [-0.2, -0.15) is 18.4 Å². The molecule has 1 heterocycles. The van der Waals surface area contributed by atoms with Gasteiger partial charge < -0.3 is 20.3 Å². The van der Waals surface area contributed by atoms with Gasteiger partial charge in [0.05, 0.1) is 18.0 Å². The van der Waals surface area contributed by atoms with Gasteiger partial charge in [0, 0.05) is 40.4 Å². The van der Waals surface area contributed by atoms with Gasteiger partial charge in [0.1, 0.15) is 18.1 Å². The first-order valence-electron chi connectivity index (χ1n) is 12.3. The molecule has 7 atom stereocenters. The van der Waals surface area contributed by atoms with Gasteiger partial charge >= 0.3 is 12.3 Å². The molecule has 1 aromatic carbocycles. The number of carbonyl (C=O) groups is 3. The van der Waals surface area contributed by atoms with E-state index < -0.39 is 42.2 Å². The number of nitrogens with zero attached hydrogens (tertiary/aromatic N) is 2. The molecule has 3 N–H and O–H groups in total. The third kappa shape index (κ3) is 6.11. The van der Waals surface area contributed by atoms with Gasteiger partial charge in [0.2, 0.25) is 11.8 Å². The molecule has 0 bridgehead atoms. The van der Waals surface area contributed by atoms with Gasteiger partial charge in [0.25, 0.3) is 0 Å². The lowest BCUT2D eigenvalue weighted by Gasteiger charge is -2.22. The van der Waals surface area contributed by atoms with Gasteiger partial charge in [-0.05, 0) is 45.9 Å². The van der Waals surface area contributed by atoms with Crippen molar-refractivity contribution >= 4 is 41.0 Å². The van der Waals surface area contributed by atoms with E-state index in [1.807, 2.05) is 17.5 Å². The average molecular weight is 554 g/mol. The second-order valence-electron chi connectivity index (χ2n) is 10.6. The van der Waals surface area contributed by atoms with E-state index in [2.05, 4.69) is 10.6 Å². The van der Waals surface area contributed by atoms with E-state index >= 15 is 0 Å². The predicted octanol–water partition coefficient (Wildman–Crippen LogP) is 3.59. The molecule has 2 aliphatic carbocycles. The highest BCUT2D eigenvalue weighted by Gasteiger charge is 2.70. The van der Waals surface area contributed by atoms with Crippen molar-refractivity contribution < 1.29 is 32.3 Å². The average Bonchev–Trinajstić information content (AvgIpc) is 3.68. The molecule has 4 rings (SSSR count). The summed E-state index contributed by atoms with van der Waals surface area (Å²) in [6.45, 7) is 5.95. The van der Waals surface area contributed by atoms with Crippen LogP contribution < -0.4 is 16.0 Å². The summed E-state index contributed by atoms with van der Waals surface area (Å²) in [5.41, 5.74) is 0.564. The molecular weight excluding hydrogens is 523 g/mol. The Morgan fingerprint density at radius 1 is 1.21 bits per heavy atom. The van der Waals surface area contributed by atoms with Gasteiger partial charge in [0.15, 0.2) is 0 Å². The number of alkyl halides is 3. The second-order valence-corrected chi connectivity index (χ2v) is 12.0.